The van der Waals surface area contributed by atoms with E-state index in [1.807, 2.05) is 0 Å². The molecule has 6 heavy (non-hydrogen) atoms. The quantitative estimate of drug-likeness (QED) is 0.445. The van der Waals surface area contributed by atoms with E-state index >= 15 is 0 Å². The van der Waals surface area contributed by atoms with Gasteiger partial charge in [-0.2, -0.15) is 0 Å². The van der Waals surface area contributed by atoms with E-state index in [0.717, 1.165) is 0 Å². The molecule has 0 spiro atoms. The van der Waals surface area contributed by atoms with Crippen LogP contribution < -0.4 is 0 Å². The van der Waals surface area contributed by atoms with Crippen LogP contribution in [0.4, 0.5) is 4.79 Å². The fourth-order valence-corrected chi connectivity index (χ4v) is 0. The summed E-state index contributed by atoms with van der Waals surface area (Å²) in [5, 5.41) is 13.9. The van der Waals surface area contributed by atoms with Gasteiger partial charge < -0.3 is 10.2 Å². The molecule has 0 unspecified atom stereocenters. The second kappa shape index (κ2) is 10.2. The van der Waals surface area contributed by atoms with Crippen molar-refractivity contribution in [2.45, 2.75) is 0 Å². The fourth-order valence-electron chi connectivity index (χ4n) is 0. The minimum Gasteiger partial charge on any atom is -0.450 e. The van der Waals surface area contributed by atoms with E-state index in [4.69, 9.17) is 15.0 Å². The predicted octanol–water partition coefficient (Wildman–Crippen LogP) is -0.539. The van der Waals surface area contributed by atoms with Gasteiger partial charge in [0.05, 0.1) is 0 Å². The minimum absolute atomic E-state index is 0. The molecule has 0 aromatic carbocycles. The third kappa shape index (κ3) is 35.1. The van der Waals surface area contributed by atoms with Crippen molar-refractivity contribution in [3.63, 3.8) is 0 Å². The number of rotatable bonds is 0. The molecule has 0 saturated carbocycles. The fraction of sp³-hybridized carbons (Fsp3) is 0. The second-order valence-corrected chi connectivity index (χ2v) is 0.283. The van der Waals surface area contributed by atoms with E-state index in [2.05, 4.69) is 0 Å². The number of hydrogen-bond donors (Lipinski definition) is 2. The maximum atomic E-state index is 8.56. The van der Waals surface area contributed by atoms with Crippen LogP contribution in [0.2, 0.25) is 0 Å². The van der Waals surface area contributed by atoms with Gasteiger partial charge in [0.15, 0.2) is 0 Å². The Balaban J connectivity index is -0.0000000450. The van der Waals surface area contributed by atoms with E-state index in [1.54, 1.807) is 0 Å². The summed E-state index contributed by atoms with van der Waals surface area (Å²) in [6, 6.07) is 0. The summed E-state index contributed by atoms with van der Waals surface area (Å²) in [5.74, 6) is 0. The molecule has 2 N–H and O–H groups in total. The van der Waals surface area contributed by atoms with E-state index in [0.29, 0.717) is 0 Å². The molecular formula is CH2CaKO3. The van der Waals surface area contributed by atoms with Gasteiger partial charge in [-0.05, 0) is 0 Å². The minimum atomic E-state index is -1.83. The van der Waals surface area contributed by atoms with Crippen LogP contribution in [0.3, 0.4) is 0 Å². The Morgan fingerprint density at radius 2 is 1.33 bits per heavy atom. The molecule has 3 radical (unpaired) electrons. The van der Waals surface area contributed by atoms with Crippen molar-refractivity contribution in [2.24, 2.45) is 0 Å². The second-order valence-electron chi connectivity index (χ2n) is 0.283. The van der Waals surface area contributed by atoms with Gasteiger partial charge in [-0.15, -0.1) is 0 Å². The third-order valence-corrected chi connectivity index (χ3v) is 0. The molecule has 0 saturated heterocycles. The summed E-state index contributed by atoms with van der Waals surface area (Å²) in [7, 11) is 0. The smallest absolute Gasteiger partial charge is 0.450 e. The normalized spacial score (nSPS) is 4.00. The molecule has 3 nitrogen and oxygen atoms in total. The van der Waals surface area contributed by atoms with E-state index < -0.39 is 6.16 Å². The molecule has 0 heterocycles. The Kier molecular flexibility index (Phi) is 26.7. The van der Waals surface area contributed by atoms with Crippen LogP contribution in [0.1, 0.15) is 0 Å². The van der Waals surface area contributed by atoms with Gasteiger partial charge in [0.25, 0.3) is 0 Å². The first-order chi connectivity index (χ1) is 1.73. The Morgan fingerprint density at radius 1 is 1.33 bits per heavy atom. The Bertz CT molecular complexity index is 33.8. The number of carboxylic acid groups (broad SMARTS) is 2. The Labute approximate surface area is 108 Å². The number of carbonyl (C=O) groups is 1. The van der Waals surface area contributed by atoms with E-state index in [9.17, 15) is 0 Å². The van der Waals surface area contributed by atoms with Gasteiger partial charge in [0.1, 0.15) is 0 Å². The van der Waals surface area contributed by atoms with E-state index in [1.165, 1.54) is 0 Å². The first-order valence-electron chi connectivity index (χ1n) is 0.651. The number of hydrogen-bond acceptors (Lipinski definition) is 1. The van der Waals surface area contributed by atoms with Crippen LogP contribution in [0, 0.1) is 0 Å². The van der Waals surface area contributed by atoms with Gasteiger partial charge >= 0.3 is 6.16 Å². The Morgan fingerprint density at radius 3 is 1.33 bits per heavy atom. The van der Waals surface area contributed by atoms with Crippen LogP contribution in [-0.4, -0.2) is 105 Å². The van der Waals surface area contributed by atoms with Crippen molar-refractivity contribution in [3.05, 3.63) is 0 Å². The zero-order valence-electron chi connectivity index (χ0n) is 3.51. The summed E-state index contributed by atoms with van der Waals surface area (Å²) >= 11 is 0. The monoisotopic (exact) mass is 141 g/mol. The molecule has 0 aliphatic rings. The molecule has 27 valence electrons. The third-order valence-electron chi connectivity index (χ3n) is 0. The summed E-state index contributed by atoms with van der Waals surface area (Å²) in [5.41, 5.74) is 0. The van der Waals surface area contributed by atoms with Crippen molar-refractivity contribution in [1.82, 2.24) is 0 Å². The molecule has 0 bridgehead atoms. The van der Waals surface area contributed by atoms with Crippen molar-refractivity contribution < 1.29 is 15.0 Å². The van der Waals surface area contributed by atoms with Crippen molar-refractivity contribution in [2.75, 3.05) is 0 Å². The van der Waals surface area contributed by atoms with Gasteiger partial charge in [-0.25, -0.2) is 4.79 Å². The molecule has 0 aliphatic carbocycles. The summed E-state index contributed by atoms with van der Waals surface area (Å²) in [6.07, 6.45) is -1.83. The predicted molar refractivity (Wildman–Crippen MR) is 22.2 cm³/mol. The average molecular weight is 141 g/mol. The largest absolute Gasteiger partial charge is 0.503 e. The molecule has 0 aliphatic heterocycles. The molecule has 0 amide bonds. The topological polar surface area (TPSA) is 57.5 Å². The first-order valence-corrected chi connectivity index (χ1v) is 0.651. The molecule has 0 fully saturated rings. The Hall–Kier alpha value is 2.17. The van der Waals surface area contributed by atoms with Gasteiger partial charge in [0.2, 0.25) is 0 Å². The molecule has 0 atom stereocenters. The summed E-state index contributed by atoms with van der Waals surface area (Å²) in [6.45, 7) is 0. The van der Waals surface area contributed by atoms with Crippen LogP contribution in [0.25, 0.3) is 0 Å². The SMILES string of the molecule is O=C(O)O.[Ca].[K]. The van der Waals surface area contributed by atoms with Crippen LogP contribution >= 0.6 is 0 Å². The van der Waals surface area contributed by atoms with Crippen molar-refractivity contribution in [3.8, 4) is 0 Å². The van der Waals surface area contributed by atoms with Gasteiger partial charge in [-0.3, -0.25) is 0 Å². The molecule has 0 rings (SSSR count). The van der Waals surface area contributed by atoms with E-state index in [-0.39, 0.29) is 89.1 Å². The molecule has 0 aromatic heterocycles. The molecule has 5 heteroatoms. The molecular weight excluding hydrogens is 139 g/mol. The first kappa shape index (κ1) is 15.7. The van der Waals surface area contributed by atoms with Gasteiger partial charge in [-0.1, -0.05) is 0 Å². The van der Waals surface area contributed by atoms with Gasteiger partial charge in [0, 0.05) is 89.1 Å². The van der Waals surface area contributed by atoms with Crippen molar-refractivity contribution in [1.29, 1.82) is 0 Å². The standard InChI is InChI=1S/CH2O3.Ca.K/c2-1(3)4;;/h(H2,2,3,4);;. The average Bonchev–Trinajstić information content (AvgIpc) is 0.811. The van der Waals surface area contributed by atoms with Crippen molar-refractivity contribution >= 4 is 95.3 Å². The summed E-state index contributed by atoms with van der Waals surface area (Å²) < 4.78 is 0. The van der Waals surface area contributed by atoms with Crippen LogP contribution in [0.15, 0.2) is 0 Å². The van der Waals surface area contributed by atoms with Crippen LogP contribution in [-0.2, 0) is 0 Å². The maximum Gasteiger partial charge on any atom is 0.503 e. The summed E-state index contributed by atoms with van der Waals surface area (Å²) in [4.78, 5) is 8.56. The maximum absolute atomic E-state index is 8.56. The molecule has 0 aromatic rings. The van der Waals surface area contributed by atoms with Crippen LogP contribution in [0.5, 0.6) is 0 Å². The zero-order chi connectivity index (χ0) is 3.58. The zero-order valence-corrected chi connectivity index (χ0v) is 8.84.